The Morgan fingerprint density at radius 2 is 2.42 bits per heavy atom. The number of ether oxygens (including phenoxy) is 1. The fourth-order valence-corrected chi connectivity index (χ4v) is 0.992. The molecule has 1 aromatic rings. The first kappa shape index (κ1) is 9.19. The Kier molecular flexibility index (Phi) is 3.22. The predicted octanol–water partition coefficient (Wildman–Crippen LogP) is 1.31. The van der Waals surface area contributed by atoms with Crippen molar-refractivity contribution in [3.8, 4) is 0 Å². The van der Waals surface area contributed by atoms with Crippen LogP contribution in [0.5, 0.6) is 0 Å². The van der Waals surface area contributed by atoms with E-state index in [2.05, 4.69) is 5.10 Å². The van der Waals surface area contributed by atoms with Crippen molar-refractivity contribution in [1.82, 2.24) is 9.78 Å². The quantitative estimate of drug-likeness (QED) is 0.684. The standard InChI is InChI=1S/C8H13FN2O/c1-7-6-11(3-4-12-2)10-8(7)5-9/h6H,3-5H2,1-2H3. The van der Waals surface area contributed by atoms with Crippen molar-refractivity contribution in [3.05, 3.63) is 17.5 Å². The van der Waals surface area contributed by atoms with Crippen molar-refractivity contribution in [2.75, 3.05) is 13.7 Å². The van der Waals surface area contributed by atoms with E-state index in [0.717, 1.165) is 5.56 Å². The molecule has 0 saturated heterocycles. The summed E-state index contributed by atoms with van der Waals surface area (Å²) in [5.74, 6) is 0. The van der Waals surface area contributed by atoms with E-state index in [9.17, 15) is 4.39 Å². The lowest BCUT2D eigenvalue weighted by molar-refractivity contribution is 0.183. The fraction of sp³-hybridized carbons (Fsp3) is 0.625. The highest BCUT2D eigenvalue weighted by Gasteiger charge is 2.03. The maximum Gasteiger partial charge on any atom is 0.134 e. The highest BCUT2D eigenvalue weighted by atomic mass is 19.1. The van der Waals surface area contributed by atoms with Gasteiger partial charge in [0.15, 0.2) is 0 Å². The normalized spacial score (nSPS) is 10.6. The number of aromatic nitrogens is 2. The molecule has 0 aromatic carbocycles. The molecule has 0 radical (unpaired) electrons. The zero-order valence-electron chi connectivity index (χ0n) is 7.38. The molecule has 1 aromatic heterocycles. The maximum absolute atomic E-state index is 12.2. The minimum Gasteiger partial charge on any atom is -0.383 e. The molecule has 0 amide bonds. The zero-order chi connectivity index (χ0) is 8.97. The molecule has 0 N–H and O–H groups in total. The van der Waals surface area contributed by atoms with Gasteiger partial charge in [0.05, 0.1) is 18.8 Å². The van der Waals surface area contributed by atoms with Crippen LogP contribution in [0.4, 0.5) is 4.39 Å². The van der Waals surface area contributed by atoms with E-state index >= 15 is 0 Å². The second-order valence-electron chi connectivity index (χ2n) is 2.65. The van der Waals surface area contributed by atoms with Crippen molar-refractivity contribution >= 4 is 0 Å². The summed E-state index contributed by atoms with van der Waals surface area (Å²) in [4.78, 5) is 0. The monoisotopic (exact) mass is 172 g/mol. The van der Waals surface area contributed by atoms with Gasteiger partial charge in [-0.2, -0.15) is 5.10 Å². The minimum atomic E-state index is -0.494. The van der Waals surface area contributed by atoms with Gasteiger partial charge in [-0.3, -0.25) is 4.68 Å². The second kappa shape index (κ2) is 4.21. The molecule has 0 spiro atoms. The summed E-state index contributed by atoms with van der Waals surface area (Å²) >= 11 is 0. The summed E-state index contributed by atoms with van der Waals surface area (Å²) in [6.45, 7) is 2.64. The van der Waals surface area contributed by atoms with Crippen LogP contribution in [-0.4, -0.2) is 23.5 Å². The van der Waals surface area contributed by atoms with Gasteiger partial charge in [0.2, 0.25) is 0 Å². The average Bonchev–Trinajstić information content (AvgIpc) is 2.43. The first-order valence-corrected chi connectivity index (χ1v) is 3.85. The van der Waals surface area contributed by atoms with Crippen LogP contribution in [0.25, 0.3) is 0 Å². The first-order valence-electron chi connectivity index (χ1n) is 3.85. The number of nitrogens with zero attached hydrogens (tertiary/aromatic N) is 2. The van der Waals surface area contributed by atoms with Gasteiger partial charge in [-0.25, -0.2) is 4.39 Å². The Labute approximate surface area is 71.1 Å². The number of halogens is 1. The van der Waals surface area contributed by atoms with Crippen LogP contribution in [0.1, 0.15) is 11.3 Å². The highest BCUT2D eigenvalue weighted by Crippen LogP contribution is 2.05. The number of hydrogen-bond acceptors (Lipinski definition) is 2. The third kappa shape index (κ3) is 2.04. The van der Waals surface area contributed by atoms with Crippen LogP contribution in [0.3, 0.4) is 0 Å². The van der Waals surface area contributed by atoms with Crippen LogP contribution in [-0.2, 0) is 18.0 Å². The largest absolute Gasteiger partial charge is 0.383 e. The van der Waals surface area contributed by atoms with Gasteiger partial charge in [0.1, 0.15) is 6.67 Å². The van der Waals surface area contributed by atoms with Crippen LogP contribution < -0.4 is 0 Å². The molecule has 68 valence electrons. The van der Waals surface area contributed by atoms with E-state index in [1.54, 1.807) is 11.8 Å². The van der Waals surface area contributed by atoms with E-state index in [1.165, 1.54) is 0 Å². The zero-order valence-corrected chi connectivity index (χ0v) is 7.38. The highest BCUT2D eigenvalue weighted by molar-refractivity contribution is 5.13. The van der Waals surface area contributed by atoms with E-state index in [-0.39, 0.29) is 0 Å². The summed E-state index contributed by atoms with van der Waals surface area (Å²) < 4.78 is 18.8. The van der Waals surface area contributed by atoms with Crippen molar-refractivity contribution in [1.29, 1.82) is 0 Å². The molecular formula is C8H13FN2O. The van der Waals surface area contributed by atoms with Crippen LogP contribution in [0.15, 0.2) is 6.20 Å². The van der Waals surface area contributed by atoms with Gasteiger partial charge in [0, 0.05) is 13.3 Å². The summed E-state index contributed by atoms with van der Waals surface area (Å²) in [6, 6.07) is 0. The molecule has 3 nitrogen and oxygen atoms in total. The van der Waals surface area contributed by atoms with E-state index in [0.29, 0.717) is 18.8 Å². The molecule has 4 heteroatoms. The lowest BCUT2D eigenvalue weighted by Crippen LogP contribution is -2.04. The molecular weight excluding hydrogens is 159 g/mol. The summed E-state index contributed by atoms with van der Waals surface area (Å²) in [7, 11) is 1.63. The number of alkyl halides is 1. The second-order valence-corrected chi connectivity index (χ2v) is 2.65. The van der Waals surface area contributed by atoms with Gasteiger partial charge in [-0.05, 0) is 12.5 Å². The molecule has 0 fully saturated rings. The minimum absolute atomic E-state index is 0.494. The number of rotatable bonds is 4. The Morgan fingerprint density at radius 3 is 2.92 bits per heavy atom. The molecule has 0 atom stereocenters. The summed E-state index contributed by atoms with van der Waals surface area (Å²) in [5.41, 5.74) is 1.42. The fourth-order valence-electron chi connectivity index (χ4n) is 0.992. The molecule has 0 aliphatic carbocycles. The van der Waals surface area contributed by atoms with Crippen LogP contribution in [0, 0.1) is 6.92 Å². The Balaban J connectivity index is 2.62. The van der Waals surface area contributed by atoms with E-state index in [4.69, 9.17) is 4.74 Å². The van der Waals surface area contributed by atoms with Crippen molar-refractivity contribution < 1.29 is 9.13 Å². The van der Waals surface area contributed by atoms with Crippen molar-refractivity contribution in [2.24, 2.45) is 0 Å². The molecule has 0 saturated carbocycles. The van der Waals surface area contributed by atoms with Gasteiger partial charge >= 0.3 is 0 Å². The van der Waals surface area contributed by atoms with E-state index in [1.807, 2.05) is 13.1 Å². The van der Waals surface area contributed by atoms with Crippen molar-refractivity contribution in [3.63, 3.8) is 0 Å². The van der Waals surface area contributed by atoms with Crippen LogP contribution >= 0.6 is 0 Å². The SMILES string of the molecule is COCCn1cc(C)c(CF)n1. The lowest BCUT2D eigenvalue weighted by Gasteiger charge is -1.97. The van der Waals surface area contributed by atoms with Gasteiger partial charge in [-0.1, -0.05) is 0 Å². The summed E-state index contributed by atoms with van der Waals surface area (Å²) in [6.07, 6.45) is 1.83. The maximum atomic E-state index is 12.2. The molecule has 1 heterocycles. The topological polar surface area (TPSA) is 27.1 Å². The predicted molar refractivity (Wildman–Crippen MR) is 43.7 cm³/mol. The van der Waals surface area contributed by atoms with Gasteiger partial charge < -0.3 is 4.74 Å². The Bertz CT molecular complexity index is 247. The third-order valence-electron chi connectivity index (χ3n) is 1.70. The molecule has 1 rings (SSSR count). The first-order chi connectivity index (χ1) is 5.77. The molecule has 12 heavy (non-hydrogen) atoms. The smallest absolute Gasteiger partial charge is 0.134 e. The third-order valence-corrected chi connectivity index (χ3v) is 1.70. The van der Waals surface area contributed by atoms with Gasteiger partial charge in [-0.15, -0.1) is 0 Å². The lowest BCUT2D eigenvalue weighted by atomic mass is 10.3. The average molecular weight is 172 g/mol. The Hall–Kier alpha value is -0.900. The number of methoxy groups -OCH3 is 1. The number of hydrogen-bond donors (Lipinski definition) is 0. The summed E-state index contributed by atoms with van der Waals surface area (Å²) in [5, 5.41) is 4.03. The van der Waals surface area contributed by atoms with Crippen molar-refractivity contribution in [2.45, 2.75) is 20.1 Å². The molecule has 0 unspecified atom stereocenters. The number of aryl methyl sites for hydroxylation is 1. The Morgan fingerprint density at radius 1 is 1.67 bits per heavy atom. The van der Waals surface area contributed by atoms with Crippen LogP contribution in [0.2, 0.25) is 0 Å². The molecule has 0 aliphatic rings. The molecule has 0 aliphatic heterocycles. The van der Waals surface area contributed by atoms with E-state index < -0.39 is 6.67 Å². The van der Waals surface area contributed by atoms with Gasteiger partial charge in [0.25, 0.3) is 0 Å². The molecule has 0 bridgehead atoms.